The van der Waals surface area contributed by atoms with Crippen LogP contribution in [0.4, 0.5) is 3.89 Å². The van der Waals surface area contributed by atoms with Gasteiger partial charge in [0, 0.05) is 6.61 Å². The topological polar surface area (TPSA) is 43.4 Å². The normalized spacial score (nSPS) is 11.8. The molecule has 0 heterocycles. The first-order valence-corrected chi connectivity index (χ1v) is 4.61. The first kappa shape index (κ1) is 9.84. The molecular formula is C5H11FO3S. The Bertz CT molecular complexity index is 164. The molecule has 62 valence electrons. The summed E-state index contributed by atoms with van der Waals surface area (Å²) in [4.78, 5) is 0. The summed E-state index contributed by atoms with van der Waals surface area (Å²) in [5.41, 5.74) is 0. The van der Waals surface area contributed by atoms with Gasteiger partial charge in [0.05, 0.1) is 6.61 Å². The van der Waals surface area contributed by atoms with E-state index in [1.54, 1.807) is 0 Å². The predicted molar refractivity (Wildman–Crippen MR) is 36.0 cm³/mol. The minimum atomic E-state index is -4.33. The van der Waals surface area contributed by atoms with Crippen LogP contribution in [0, 0.1) is 0 Å². The maximum Gasteiger partial charge on any atom is 0.304 e. The minimum absolute atomic E-state index is 0.0489. The maximum atomic E-state index is 11.7. The van der Waals surface area contributed by atoms with Gasteiger partial charge in [0.1, 0.15) is 5.75 Å². The monoisotopic (exact) mass is 170 g/mol. The molecule has 5 heteroatoms. The lowest BCUT2D eigenvalue weighted by atomic mass is 10.5. The SMILES string of the molecule is CCCOCCS(=O)(=O)F. The molecule has 0 saturated heterocycles. The van der Waals surface area contributed by atoms with Gasteiger partial charge in [-0.2, -0.15) is 8.42 Å². The second-order valence-corrected chi connectivity index (χ2v) is 3.34. The fraction of sp³-hybridized carbons (Fsp3) is 1.00. The van der Waals surface area contributed by atoms with Crippen LogP contribution in [0.15, 0.2) is 0 Å². The van der Waals surface area contributed by atoms with E-state index in [1.807, 2.05) is 6.92 Å². The Morgan fingerprint density at radius 3 is 2.40 bits per heavy atom. The molecule has 0 unspecified atom stereocenters. The lowest BCUT2D eigenvalue weighted by Crippen LogP contribution is -2.07. The smallest absolute Gasteiger partial charge is 0.304 e. The van der Waals surface area contributed by atoms with Crippen molar-refractivity contribution in [3.63, 3.8) is 0 Å². The first-order chi connectivity index (χ1) is 4.56. The van der Waals surface area contributed by atoms with Crippen molar-refractivity contribution in [2.24, 2.45) is 0 Å². The van der Waals surface area contributed by atoms with Crippen molar-refractivity contribution in [3.05, 3.63) is 0 Å². The summed E-state index contributed by atoms with van der Waals surface area (Å²) in [6.45, 7) is 2.33. The molecule has 3 nitrogen and oxygen atoms in total. The molecule has 0 aromatic carbocycles. The van der Waals surface area contributed by atoms with Gasteiger partial charge in [-0.25, -0.2) is 0 Å². The van der Waals surface area contributed by atoms with E-state index in [2.05, 4.69) is 0 Å². The average molecular weight is 170 g/mol. The maximum absolute atomic E-state index is 11.7. The number of halogens is 1. The van der Waals surface area contributed by atoms with Gasteiger partial charge < -0.3 is 4.74 Å². The molecule has 0 aliphatic heterocycles. The van der Waals surface area contributed by atoms with Gasteiger partial charge in [-0.3, -0.25) is 0 Å². The van der Waals surface area contributed by atoms with Gasteiger partial charge in [0.25, 0.3) is 0 Å². The zero-order valence-corrected chi connectivity index (χ0v) is 6.66. The molecule has 0 bridgehead atoms. The molecule has 0 radical (unpaired) electrons. The molecule has 0 spiro atoms. The molecular weight excluding hydrogens is 159 g/mol. The highest BCUT2D eigenvalue weighted by Crippen LogP contribution is 1.90. The van der Waals surface area contributed by atoms with E-state index in [4.69, 9.17) is 4.74 Å². The molecule has 0 atom stereocenters. The van der Waals surface area contributed by atoms with E-state index in [0.29, 0.717) is 6.61 Å². The van der Waals surface area contributed by atoms with Gasteiger partial charge in [-0.15, -0.1) is 3.89 Å². The van der Waals surface area contributed by atoms with Crippen molar-refractivity contribution in [1.82, 2.24) is 0 Å². The molecule has 0 amide bonds. The molecule has 0 rings (SSSR count). The van der Waals surface area contributed by atoms with Crippen molar-refractivity contribution in [2.75, 3.05) is 19.0 Å². The highest BCUT2D eigenvalue weighted by Gasteiger charge is 2.04. The summed E-state index contributed by atoms with van der Waals surface area (Å²) in [5, 5.41) is 0. The molecule has 0 aromatic heterocycles. The fourth-order valence-corrected chi connectivity index (χ4v) is 0.722. The van der Waals surface area contributed by atoms with Gasteiger partial charge in [-0.05, 0) is 6.42 Å². The Kier molecular flexibility index (Phi) is 4.55. The van der Waals surface area contributed by atoms with Crippen LogP contribution in [0.25, 0.3) is 0 Å². The van der Waals surface area contributed by atoms with Crippen LogP contribution in [0.5, 0.6) is 0 Å². The van der Waals surface area contributed by atoms with Crippen LogP contribution >= 0.6 is 0 Å². The number of ether oxygens (including phenoxy) is 1. The van der Waals surface area contributed by atoms with Gasteiger partial charge >= 0.3 is 10.2 Å². The molecule has 0 saturated carbocycles. The van der Waals surface area contributed by atoms with E-state index >= 15 is 0 Å². The number of rotatable bonds is 5. The van der Waals surface area contributed by atoms with E-state index in [0.717, 1.165) is 6.42 Å². The second kappa shape index (κ2) is 4.62. The van der Waals surface area contributed by atoms with Gasteiger partial charge in [-0.1, -0.05) is 6.92 Å². The summed E-state index contributed by atoms with van der Waals surface area (Å²) in [7, 11) is -4.33. The second-order valence-electron chi connectivity index (χ2n) is 1.86. The highest BCUT2D eigenvalue weighted by molar-refractivity contribution is 7.86. The van der Waals surface area contributed by atoms with Gasteiger partial charge in [0.15, 0.2) is 0 Å². The molecule has 0 aromatic rings. The highest BCUT2D eigenvalue weighted by atomic mass is 32.3. The zero-order chi connectivity index (χ0) is 8.04. The molecule has 0 aliphatic carbocycles. The van der Waals surface area contributed by atoms with Crippen molar-refractivity contribution in [3.8, 4) is 0 Å². The first-order valence-electron chi connectivity index (χ1n) is 3.06. The standard InChI is InChI=1S/C5H11FO3S/c1-2-3-9-4-5-10(6,7)8/h2-5H2,1H3. The van der Waals surface area contributed by atoms with Crippen LogP contribution in [-0.2, 0) is 15.0 Å². The Morgan fingerprint density at radius 1 is 1.40 bits per heavy atom. The summed E-state index contributed by atoms with van der Waals surface area (Å²) < 4.78 is 36.1. The minimum Gasteiger partial charge on any atom is -0.380 e. The third-order valence-corrected chi connectivity index (χ3v) is 1.47. The van der Waals surface area contributed by atoms with Crippen LogP contribution in [0.3, 0.4) is 0 Å². The quantitative estimate of drug-likeness (QED) is 0.451. The predicted octanol–water partition coefficient (Wildman–Crippen LogP) is 0.712. The zero-order valence-electron chi connectivity index (χ0n) is 5.84. The summed E-state index contributed by atoms with van der Waals surface area (Å²) in [6, 6.07) is 0. The van der Waals surface area contributed by atoms with Crippen molar-refractivity contribution in [1.29, 1.82) is 0 Å². The van der Waals surface area contributed by atoms with Crippen LogP contribution in [-0.4, -0.2) is 27.4 Å². The van der Waals surface area contributed by atoms with Crippen LogP contribution in [0.2, 0.25) is 0 Å². The van der Waals surface area contributed by atoms with Gasteiger partial charge in [0.2, 0.25) is 0 Å². The van der Waals surface area contributed by atoms with Crippen molar-refractivity contribution in [2.45, 2.75) is 13.3 Å². The van der Waals surface area contributed by atoms with E-state index in [9.17, 15) is 12.3 Å². The third-order valence-electron chi connectivity index (χ3n) is 0.820. The molecule has 0 N–H and O–H groups in total. The lowest BCUT2D eigenvalue weighted by Gasteiger charge is -1.97. The molecule has 0 aliphatic rings. The Hall–Kier alpha value is -0.160. The Balaban J connectivity index is 3.21. The summed E-state index contributed by atoms with van der Waals surface area (Å²) >= 11 is 0. The van der Waals surface area contributed by atoms with E-state index < -0.39 is 16.0 Å². The van der Waals surface area contributed by atoms with Crippen LogP contribution in [0.1, 0.15) is 13.3 Å². The lowest BCUT2D eigenvalue weighted by molar-refractivity contribution is 0.149. The fourth-order valence-electron chi connectivity index (χ4n) is 0.405. The van der Waals surface area contributed by atoms with Crippen molar-refractivity contribution < 1.29 is 17.0 Å². The largest absolute Gasteiger partial charge is 0.380 e. The molecule has 10 heavy (non-hydrogen) atoms. The van der Waals surface area contributed by atoms with Crippen molar-refractivity contribution >= 4 is 10.2 Å². The van der Waals surface area contributed by atoms with Crippen LogP contribution < -0.4 is 0 Å². The number of hydrogen-bond donors (Lipinski definition) is 0. The van der Waals surface area contributed by atoms with E-state index in [1.165, 1.54) is 0 Å². The summed E-state index contributed by atoms with van der Waals surface area (Å²) in [6.07, 6.45) is 0.812. The number of hydrogen-bond acceptors (Lipinski definition) is 3. The third kappa shape index (κ3) is 7.84. The summed E-state index contributed by atoms with van der Waals surface area (Å²) in [5.74, 6) is -0.535. The average Bonchev–Trinajstić information content (AvgIpc) is 1.78. The Labute approximate surface area is 60.4 Å². The molecule has 0 fully saturated rings. The van der Waals surface area contributed by atoms with E-state index in [-0.39, 0.29) is 6.61 Å². The Morgan fingerprint density at radius 2 is 2.00 bits per heavy atom.